The summed E-state index contributed by atoms with van der Waals surface area (Å²) in [4.78, 5) is 13.4. The summed E-state index contributed by atoms with van der Waals surface area (Å²) in [6.45, 7) is 0. The van der Waals surface area contributed by atoms with Crippen molar-refractivity contribution in [2.24, 2.45) is 7.05 Å². The molecule has 0 unspecified atom stereocenters. The fraction of sp³-hybridized carbons (Fsp3) is 0.100. The number of hydrogen-bond donors (Lipinski definition) is 0. The highest BCUT2D eigenvalue weighted by molar-refractivity contribution is 7.91. The zero-order valence-corrected chi connectivity index (χ0v) is 11.2. The lowest BCUT2D eigenvalue weighted by molar-refractivity contribution is -0.392. The molecule has 0 aliphatic carbocycles. The number of rotatable bonds is 3. The molecule has 0 atom stereocenters. The molecule has 0 N–H and O–H groups in total. The maximum Gasteiger partial charge on any atom is 0.401 e. The van der Waals surface area contributed by atoms with Gasteiger partial charge in [-0.2, -0.15) is 0 Å². The fourth-order valence-corrected chi connectivity index (χ4v) is 3.20. The number of imidazole rings is 1. The number of nitrogens with zero attached hydrogens (tertiary/aromatic N) is 3. The molecule has 1 heterocycles. The Balaban J connectivity index is 2.66. The predicted molar refractivity (Wildman–Crippen MR) is 66.8 cm³/mol. The summed E-state index contributed by atoms with van der Waals surface area (Å²) in [6, 6.07) is 5.37. The third-order valence-electron chi connectivity index (χ3n) is 2.42. The van der Waals surface area contributed by atoms with Crippen molar-refractivity contribution in [2.45, 2.75) is 9.92 Å². The Kier molecular flexibility index (Phi) is 3.29. The quantitative estimate of drug-likeness (QED) is 0.636. The van der Waals surface area contributed by atoms with E-state index in [4.69, 9.17) is 11.6 Å². The standard InChI is InChI=1S/C10H8ClN3O4S/c1-13-6-12-9(14(15)16)10(13)19(17,18)8-4-2-7(11)3-5-8/h2-6H,1H3. The number of sulfone groups is 1. The van der Waals surface area contributed by atoms with Gasteiger partial charge in [0, 0.05) is 12.1 Å². The predicted octanol–water partition coefficient (Wildman–Crippen LogP) is 1.81. The van der Waals surface area contributed by atoms with E-state index in [1.54, 1.807) is 0 Å². The average Bonchev–Trinajstić information content (AvgIpc) is 2.72. The highest BCUT2D eigenvalue weighted by Crippen LogP contribution is 2.28. The Labute approximate surface area is 113 Å². The Bertz CT molecular complexity index is 737. The van der Waals surface area contributed by atoms with Crippen LogP contribution in [0.1, 0.15) is 0 Å². The summed E-state index contributed by atoms with van der Waals surface area (Å²) < 4.78 is 25.8. The molecule has 0 spiro atoms. The van der Waals surface area contributed by atoms with Crippen LogP contribution in [0.25, 0.3) is 0 Å². The second-order valence-corrected chi connectivity index (χ2v) is 6.00. The van der Waals surface area contributed by atoms with E-state index in [-0.39, 0.29) is 4.90 Å². The van der Waals surface area contributed by atoms with E-state index in [9.17, 15) is 18.5 Å². The third kappa shape index (κ3) is 2.32. The van der Waals surface area contributed by atoms with Gasteiger partial charge in [-0.3, -0.25) is 4.57 Å². The summed E-state index contributed by atoms with van der Waals surface area (Å²) in [5, 5.41) is 10.7. The summed E-state index contributed by atoms with van der Waals surface area (Å²) in [5.41, 5.74) is 0. The molecule has 1 aromatic carbocycles. The molecule has 7 nitrogen and oxygen atoms in total. The van der Waals surface area contributed by atoms with Crippen molar-refractivity contribution < 1.29 is 13.3 Å². The van der Waals surface area contributed by atoms with Crippen molar-refractivity contribution in [3.8, 4) is 0 Å². The van der Waals surface area contributed by atoms with Crippen molar-refractivity contribution in [3.05, 3.63) is 45.7 Å². The molecule has 9 heteroatoms. The molecule has 0 aliphatic rings. The van der Waals surface area contributed by atoms with E-state index in [2.05, 4.69) is 4.98 Å². The molecular weight excluding hydrogens is 294 g/mol. The fourth-order valence-electron chi connectivity index (χ4n) is 1.57. The van der Waals surface area contributed by atoms with Gasteiger partial charge in [0.2, 0.25) is 21.2 Å². The molecule has 1 aromatic heterocycles. The van der Waals surface area contributed by atoms with Crippen molar-refractivity contribution in [3.63, 3.8) is 0 Å². The molecule has 0 radical (unpaired) electrons. The summed E-state index contributed by atoms with van der Waals surface area (Å²) >= 11 is 5.68. The maximum absolute atomic E-state index is 12.3. The van der Waals surface area contributed by atoms with Crippen LogP contribution in [0.15, 0.2) is 40.5 Å². The second-order valence-electron chi connectivity index (χ2n) is 3.70. The first-order valence-corrected chi connectivity index (χ1v) is 6.86. The van der Waals surface area contributed by atoms with Gasteiger partial charge < -0.3 is 10.1 Å². The van der Waals surface area contributed by atoms with Crippen LogP contribution < -0.4 is 0 Å². The zero-order chi connectivity index (χ0) is 14.2. The van der Waals surface area contributed by atoms with Crippen LogP contribution in [0.3, 0.4) is 0 Å². The number of benzene rings is 1. The molecular formula is C10H8ClN3O4S. The van der Waals surface area contributed by atoms with Crippen LogP contribution in [-0.2, 0) is 16.9 Å². The second kappa shape index (κ2) is 4.63. The number of aryl methyl sites for hydroxylation is 1. The minimum atomic E-state index is -4.02. The van der Waals surface area contributed by atoms with Crippen LogP contribution in [-0.4, -0.2) is 22.9 Å². The Hall–Kier alpha value is -1.93. The zero-order valence-electron chi connectivity index (χ0n) is 9.65. The normalized spacial score (nSPS) is 11.5. The Morgan fingerprint density at radius 1 is 1.32 bits per heavy atom. The summed E-state index contributed by atoms with van der Waals surface area (Å²) in [7, 11) is -2.64. The van der Waals surface area contributed by atoms with Crippen LogP contribution in [0.2, 0.25) is 5.02 Å². The van der Waals surface area contributed by atoms with Gasteiger partial charge in [0.05, 0.1) is 4.90 Å². The molecule has 0 fully saturated rings. The molecule has 0 saturated carbocycles. The van der Waals surface area contributed by atoms with Crippen molar-refractivity contribution in [1.82, 2.24) is 9.55 Å². The molecule has 100 valence electrons. The van der Waals surface area contributed by atoms with E-state index >= 15 is 0 Å². The van der Waals surface area contributed by atoms with Crippen LogP contribution >= 0.6 is 11.6 Å². The highest BCUT2D eigenvalue weighted by atomic mass is 35.5. The molecule has 0 bridgehead atoms. The molecule has 0 amide bonds. The molecule has 0 aliphatic heterocycles. The smallest absolute Gasteiger partial charge is 0.358 e. The lowest BCUT2D eigenvalue weighted by Gasteiger charge is -2.04. The topological polar surface area (TPSA) is 95.1 Å². The number of halogens is 1. The van der Waals surface area contributed by atoms with Gasteiger partial charge in [-0.05, 0) is 34.2 Å². The first-order chi connectivity index (χ1) is 8.84. The van der Waals surface area contributed by atoms with Crippen LogP contribution in [0, 0.1) is 10.1 Å². The largest absolute Gasteiger partial charge is 0.401 e. The van der Waals surface area contributed by atoms with Gasteiger partial charge in [-0.1, -0.05) is 11.6 Å². The highest BCUT2D eigenvalue weighted by Gasteiger charge is 2.32. The van der Waals surface area contributed by atoms with E-state index in [0.29, 0.717) is 5.02 Å². The van der Waals surface area contributed by atoms with Gasteiger partial charge in [-0.25, -0.2) is 8.42 Å². The monoisotopic (exact) mass is 301 g/mol. The van der Waals surface area contributed by atoms with Crippen LogP contribution in [0.5, 0.6) is 0 Å². The van der Waals surface area contributed by atoms with Gasteiger partial charge >= 0.3 is 5.82 Å². The third-order valence-corrected chi connectivity index (χ3v) is 4.54. The maximum atomic E-state index is 12.3. The lowest BCUT2D eigenvalue weighted by Crippen LogP contribution is -2.09. The number of aromatic nitrogens is 2. The van der Waals surface area contributed by atoms with Gasteiger partial charge in [0.15, 0.2) is 0 Å². The van der Waals surface area contributed by atoms with Crippen molar-refractivity contribution in [2.75, 3.05) is 0 Å². The van der Waals surface area contributed by atoms with Gasteiger partial charge in [0.1, 0.15) is 0 Å². The van der Waals surface area contributed by atoms with Crippen molar-refractivity contribution >= 4 is 27.3 Å². The van der Waals surface area contributed by atoms with E-state index in [0.717, 1.165) is 10.9 Å². The minimum absolute atomic E-state index is 0.0800. The van der Waals surface area contributed by atoms with Gasteiger partial charge in [-0.15, -0.1) is 0 Å². The molecule has 0 saturated heterocycles. The summed E-state index contributed by atoms with van der Waals surface area (Å²) in [5.74, 6) is -0.697. The average molecular weight is 302 g/mol. The first-order valence-electron chi connectivity index (χ1n) is 5.00. The molecule has 19 heavy (non-hydrogen) atoms. The SMILES string of the molecule is Cn1cnc([N+](=O)[O-])c1S(=O)(=O)c1ccc(Cl)cc1. The first kappa shape index (κ1) is 13.5. The minimum Gasteiger partial charge on any atom is -0.358 e. The van der Waals surface area contributed by atoms with E-state index < -0.39 is 25.6 Å². The summed E-state index contributed by atoms with van der Waals surface area (Å²) in [6.07, 6.45) is 1.08. The number of nitro groups is 1. The Morgan fingerprint density at radius 2 is 1.89 bits per heavy atom. The van der Waals surface area contributed by atoms with Gasteiger partial charge in [0.25, 0.3) is 0 Å². The molecule has 2 rings (SSSR count). The molecule has 2 aromatic rings. The lowest BCUT2D eigenvalue weighted by atomic mass is 10.4. The number of hydrogen-bond acceptors (Lipinski definition) is 5. The van der Waals surface area contributed by atoms with Crippen molar-refractivity contribution in [1.29, 1.82) is 0 Å². The Morgan fingerprint density at radius 3 is 2.42 bits per heavy atom. The van der Waals surface area contributed by atoms with E-state index in [1.807, 2.05) is 0 Å². The van der Waals surface area contributed by atoms with Crippen LogP contribution in [0.4, 0.5) is 5.82 Å². The van der Waals surface area contributed by atoms with E-state index in [1.165, 1.54) is 31.3 Å².